The van der Waals surface area contributed by atoms with Crippen molar-refractivity contribution in [1.82, 2.24) is 4.90 Å². The van der Waals surface area contributed by atoms with E-state index in [2.05, 4.69) is 18.7 Å². The zero-order chi connectivity index (χ0) is 12.1. The molecule has 1 rings (SSSR count). The van der Waals surface area contributed by atoms with Gasteiger partial charge in [0, 0.05) is 45.8 Å². The van der Waals surface area contributed by atoms with Crippen LogP contribution in [-0.4, -0.2) is 50.6 Å². The lowest BCUT2D eigenvalue weighted by molar-refractivity contribution is -0.117. The van der Waals surface area contributed by atoms with Gasteiger partial charge in [0.1, 0.15) is 0 Å². The third kappa shape index (κ3) is 3.42. The lowest BCUT2D eigenvalue weighted by atomic mass is 10.1. The normalized spacial score (nSPS) is 28.9. The Labute approximate surface area is 99.1 Å². The molecule has 96 valence electrons. The topological polar surface area (TPSA) is 47.7 Å². The molecule has 0 aromatic heterocycles. The van der Waals surface area contributed by atoms with Crippen LogP contribution in [0.25, 0.3) is 0 Å². The van der Waals surface area contributed by atoms with Crippen molar-refractivity contribution in [2.75, 3.05) is 27.3 Å². The van der Waals surface area contributed by atoms with Gasteiger partial charge in [0.2, 0.25) is 0 Å². The Morgan fingerprint density at radius 1 is 1.31 bits per heavy atom. The molecule has 0 saturated carbocycles. The minimum Gasteiger partial charge on any atom is -0.356 e. The Balaban J connectivity index is 2.53. The summed E-state index contributed by atoms with van der Waals surface area (Å²) in [6.07, 6.45) is 1.97. The molecule has 1 saturated heterocycles. The molecule has 1 fully saturated rings. The molecule has 3 atom stereocenters. The van der Waals surface area contributed by atoms with Crippen molar-refractivity contribution in [3.63, 3.8) is 0 Å². The van der Waals surface area contributed by atoms with Crippen LogP contribution in [0, 0.1) is 5.92 Å². The van der Waals surface area contributed by atoms with Crippen LogP contribution < -0.4 is 5.73 Å². The number of nitrogens with zero attached hydrogens (tertiary/aromatic N) is 1. The maximum Gasteiger partial charge on any atom is 0.158 e. The molecule has 0 radical (unpaired) electrons. The minimum atomic E-state index is -0.142. The Kier molecular flexibility index (Phi) is 5.69. The maximum atomic E-state index is 5.87. The zero-order valence-electron chi connectivity index (χ0n) is 11.0. The van der Waals surface area contributed by atoms with E-state index in [1.54, 1.807) is 14.2 Å². The van der Waals surface area contributed by atoms with Crippen LogP contribution in [0.15, 0.2) is 0 Å². The lowest BCUT2D eigenvalue weighted by Gasteiger charge is -2.32. The van der Waals surface area contributed by atoms with Crippen molar-refractivity contribution in [1.29, 1.82) is 0 Å². The molecule has 0 amide bonds. The lowest BCUT2D eigenvalue weighted by Crippen LogP contribution is -2.45. The van der Waals surface area contributed by atoms with Gasteiger partial charge in [-0.2, -0.15) is 0 Å². The zero-order valence-corrected chi connectivity index (χ0v) is 11.0. The number of hydrogen-bond donors (Lipinski definition) is 1. The molecule has 0 spiro atoms. The van der Waals surface area contributed by atoms with E-state index in [0.717, 1.165) is 18.9 Å². The van der Waals surface area contributed by atoms with Gasteiger partial charge < -0.3 is 15.2 Å². The van der Waals surface area contributed by atoms with Crippen molar-refractivity contribution in [3.8, 4) is 0 Å². The van der Waals surface area contributed by atoms with Crippen molar-refractivity contribution in [2.24, 2.45) is 11.7 Å². The number of ether oxygens (including phenoxy) is 2. The van der Waals surface area contributed by atoms with Gasteiger partial charge >= 0.3 is 0 Å². The molecule has 0 aromatic rings. The van der Waals surface area contributed by atoms with Crippen LogP contribution >= 0.6 is 0 Å². The van der Waals surface area contributed by atoms with Crippen molar-refractivity contribution in [3.05, 3.63) is 0 Å². The summed E-state index contributed by atoms with van der Waals surface area (Å²) in [6, 6.07) is 0.989. The fourth-order valence-electron chi connectivity index (χ4n) is 2.72. The van der Waals surface area contributed by atoms with E-state index in [4.69, 9.17) is 15.2 Å². The van der Waals surface area contributed by atoms with Crippen LogP contribution in [0.5, 0.6) is 0 Å². The van der Waals surface area contributed by atoms with Crippen LogP contribution in [0.4, 0.5) is 0 Å². The molecule has 1 heterocycles. The first-order chi connectivity index (χ1) is 7.62. The minimum absolute atomic E-state index is 0.142. The standard InChI is InChI=1S/C12H26N2O2/c1-9-5-10(2)14(8-9)11(7-13)6-12(15-3)16-4/h9-12H,5-8,13H2,1-4H3. The maximum absolute atomic E-state index is 5.87. The molecule has 0 aromatic carbocycles. The van der Waals surface area contributed by atoms with Gasteiger partial charge in [-0.3, -0.25) is 4.90 Å². The highest BCUT2D eigenvalue weighted by Gasteiger charge is 2.32. The molecular formula is C12H26N2O2. The van der Waals surface area contributed by atoms with Crippen LogP contribution in [-0.2, 0) is 9.47 Å². The van der Waals surface area contributed by atoms with Gasteiger partial charge in [-0.05, 0) is 19.3 Å². The summed E-state index contributed by atoms with van der Waals surface area (Å²) in [4.78, 5) is 2.50. The molecule has 0 aliphatic carbocycles. The number of likely N-dealkylation sites (tertiary alicyclic amines) is 1. The predicted octanol–water partition coefficient (Wildman–Crippen LogP) is 1.05. The summed E-state index contributed by atoms with van der Waals surface area (Å²) in [5.74, 6) is 0.771. The first-order valence-corrected chi connectivity index (χ1v) is 6.13. The van der Waals surface area contributed by atoms with E-state index in [0.29, 0.717) is 18.6 Å². The monoisotopic (exact) mass is 230 g/mol. The highest BCUT2D eigenvalue weighted by Crippen LogP contribution is 2.26. The number of nitrogens with two attached hydrogens (primary N) is 1. The first kappa shape index (κ1) is 13.9. The first-order valence-electron chi connectivity index (χ1n) is 6.13. The van der Waals surface area contributed by atoms with E-state index in [1.807, 2.05) is 0 Å². The second kappa shape index (κ2) is 6.55. The van der Waals surface area contributed by atoms with Gasteiger partial charge in [0.05, 0.1) is 0 Å². The fraction of sp³-hybridized carbons (Fsp3) is 1.00. The number of rotatable bonds is 6. The van der Waals surface area contributed by atoms with Crippen LogP contribution in [0.1, 0.15) is 26.7 Å². The van der Waals surface area contributed by atoms with Gasteiger partial charge in [-0.25, -0.2) is 0 Å². The van der Waals surface area contributed by atoms with Crippen molar-refractivity contribution in [2.45, 2.75) is 45.1 Å². The van der Waals surface area contributed by atoms with Gasteiger partial charge in [-0.15, -0.1) is 0 Å². The molecule has 4 nitrogen and oxygen atoms in total. The largest absolute Gasteiger partial charge is 0.356 e. The summed E-state index contributed by atoms with van der Waals surface area (Å²) in [5.41, 5.74) is 5.87. The van der Waals surface area contributed by atoms with E-state index in [-0.39, 0.29) is 6.29 Å². The summed E-state index contributed by atoms with van der Waals surface area (Å²) in [7, 11) is 3.36. The number of hydrogen-bond acceptors (Lipinski definition) is 4. The van der Waals surface area contributed by atoms with E-state index in [1.165, 1.54) is 6.42 Å². The number of methoxy groups -OCH3 is 2. The van der Waals surface area contributed by atoms with Gasteiger partial charge in [-0.1, -0.05) is 6.92 Å². The van der Waals surface area contributed by atoms with Crippen molar-refractivity contribution < 1.29 is 9.47 Å². The third-order valence-corrected chi connectivity index (χ3v) is 3.56. The Bertz CT molecular complexity index is 197. The summed E-state index contributed by atoms with van der Waals surface area (Å²) >= 11 is 0. The predicted molar refractivity (Wildman–Crippen MR) is 65.2 cm³/mol. The smallest absolute Gasteiger partial charge is 0.158 e. The summed E-state index contributed by atoms with van der Waals surface area (Å²) in [5, 5.41) is 0. The second-order valence-corrected chi connectivity index (χ2v) is 4.91. The molecule has 3 unspecified atom stereocenters. The molecule has 1 aliphatic rings. The van der Waals surface area contributed by atoms with Gasteiger partial charge in [0.25, 0.3) is 0 Å². The third-order valence-electron chi connectivity index (χ3n) is 3.56. The average Bonchev–Trinajstić information content (AvgIpc) is 2.60. The molecule has 2 N–H and O–H groups in total. The van der Waals surface area contributed by atoms with E-state index >= 15 is 0 Å². The highest BCUT2D eigenvalue weighted by atomic mass is 16.7. The molecule has 1 aliphatic heterocycles. The fourth-order valence-corrected chi connectivity index (χ4v) is 2.72. The molecule has 4 heteroatoms. The SMILES string of the molecule is COC(CC(CN)N1CC(C)CC1C)OC. The Morgan fingerprint density at radius 2 is 1.94 bits per heavy atom. The van der Waals surface area contributed by atoms with E-state index < -0.39 is 0 Å². The Hall–Kier alpha value is -0.160. The van der Waals surface area contributed by atoms with Gasteiger partial charge in [0.15, 0.2) is 6.29 Å². The molecule has 16 heavy (non-hydrogen) atoms. The van der Waals surface area contributed by atoms with Crippen LogP contribution in [0.3, 0.4) is 0 Å². The van der Waals surface area contributed by atoms with Crippen molar-refractivity contribution >= 4 is 0 Å². The van der Waals surface area contributed by atoms with Crippen LogP contribution in [0.2, 0.25) is 0 Å². The quantitative estimate of drug-likeness (QED) is 0.693. The Morgan fingerprint density at radius 3 is 2.31 bits per heavy atom. The average molecular weight is 230 g/mol. The molecular weight excluding hydrogens is 204 g/mol. The summed E-state index contributed by atoms with van der Waals surface area (Å²) in [6.45, 7) is 6.39. The second-order valence-electron chi connectivity index (χ2n) is 4.91. The molecule has 0 bridgehead atoms. The summed E-state index contributed by atoms with van der Waals surface area (Å²) < 4.78 is 10.5. The highest BCUT2D eigenvalue weighted by molar-refractivity contribution is 4.86. The van der Waals surface area contributed by atoms with E-state index in [9.17, 15) is 0 Å².